The van der Waals surface area contributed by atoms with Gasteiger partial charge in [-0.05, 0) is 0 Å². The van der Waals surface area contributed by atoms with Crippen molar-refractivity contribution in [3.8, 4) is 0 Å². The van der Waals surface area contributed by atoms with Crippen LogP contribution < -0.4 is 0 Å². The summed E-state index contributed by atoms with van der Waals surface area (Å²) in [5.41, 5.74) is 0. The van der Waals surface area contributed by atoms with Gasteiger partial charge >= 0.3 is 990 Å². The maximum absolute atomic E-state index is 0. The largest absolute Gasteiger partial charge is 3.00 e. The Hall–Kier alpha value is 30.4. The first-order valence-corrected chi connectivity index (χ1v) is 0. The van der Waals surface area contributed by atoms with Crippen LogP contribution in [0.15, 0.2) is 0 Å². The van der Waals surface area contributed by atoms with Crippen molar-refractivity contribution in [1.82, 2.24) is 0 Å². The molecule has 0 fully saturated rings. The van der Waals surface area contributed by atoms with E-state index in [1.165, 1.54) is 0 Å². The summed E-state index contributed by atoms with van der Waals surface area (Å²) in [6.45, 7) is 0. The van der Waals surface area contributed by atoms with E-state index >= 15 is 0 Å². The summed E-state index contributed by atoms with van der Waals surface area (Å²) in [6.07, 6.45) is 0. The van der Waals surface area contributed by atoms with E-state index in [-0.39, 0.29) is 1070 Å². The molecular weight excluding hydrogens is 1540 g/mol. The van der Waals surface area contributed by atoms with Crippen molar-refractivity contribution in [3.05, 3.63) is 0 Å². The van der Waals surface area contributed by atoms with E-state index in [0.29, 0.717) is 0 Å². The molecule has 0 heterocycles. The summed E-state index contributed by atoms with van der Waals surface area (Å²) in [5, 5.41) is 0. The normalized spacial score (nSPS) is 0. The van der Waals surface area contributed by atoms with E-state index < -0.39 is 0 Å². The molecule has 0 atom stereocenters. The summed E-state index contributed by atoms with van der Waals surface area (Å²) < 4.78 is 0. The average Bonchev–Trinajstić information content (AvgIpc) is 0. The molecule has 0 aromatic rings. The van der Waals surface area contributed by atoms with Crippen molar-refractivity contribution in [1.29, 1.82) is 0 Å². The van der Waals surface area contributed by atoms with Crippen molar-refractivity contribution in [2.24, 2.45) is 0 Å². The Kier molecular flexibility index (Phi) is 8470. The number of hydrogen-bond donors (Lipinski definition) is 0. The van der Waals surface area contributed by atoms with E-state index in [4.69, 9.17) is 0 Å². The smallest absolute Gasteiger partial charge is 0 e. The molecule has 57 heteroatoms. The first-order chi connectivity index (χ1) is 0. The molecule has 0 aromatic heterocycles. The van der Waals surface area contributed by atoms with Crippen molar-refractivity contribution in [3.63, 3.8) is 0 Å². The quantitative estimate of drug-likeness (QED) is 0.212. The Morgan fingerprint density at radius 3 is 0.0351 bits per heavy atom. The third-order valence-electron chi connectivity index (χ3n) is 0. The van der Waals surface area contributed by atoms with Crippen molar-refractivity contribution in [2.45, 2.75) is 0 Å². The van der Waals surface area contributed by atoms with Gasteiger partial charge in [-0.3, -0.25) is 0 Å². The zero-order valence-electron chi connectivity index (χ0n) is 32.9. The van der Waals surface area contributed by atoms with Crippen LogP contribution in [0.4, 0.5) is 0 Å². The third-order valence-corrected chi connectivity index (χ3v) is 0. The second kappa shape index (κ2) is 683. The van der Waals surface area contributed by atoms with Gasteiger partial charge in [0.1, 0.15) is 0 Å². The molecule has 0 bridgehead atoms. The topological polar surface area (TPSA) is 0 Å². The fourth-order valence-electron chi connectivity index (χ4n) is 0. The number of hydrogen-bond acceptors (Lipinski definition) is 0. The molecule has 0 N–H and O–H groups in total. The van der Waals surface area contributed by atoms with Crippen LogP contribution in [-0.4, -0.2) is 990 Å². The van der Waals surface area contributed by atoms with E-state index in [0.717, 1.165) is 0 Å². The molecule has 0 saturated heterocycles. The van der Waals surface area contributed by atoms with E-state index in [9.17, 15) is 0 Å². The fraction of sp³-hybridized carbons (Fsp3) is 0. The fourth-order valence-corrected chi connectivity index (χ4v) is 0. The summed E-state index contributed by atoms with van der Waals surface area (Å²) in [4.78, 5) is 0. The standard InChI is InChI=1S/57Al.59H2/h;;;;;;;;;;;;;;;;;;;;;;;;;;;;;;;;;;;;;;;;;;;;;;;;;;;;;;;;;59*1H/q57*+3;;;;;;;;;;;;;;;;;;;;;;;;;;;;;;;;;;;;;;;;;;;;;;;;;;;;;;;;;;;. The second-order valence-electron chi connectivity index (χ2n) is 0. The van der Waals surface area contributed by atoms with Gasteiger partial charge in [-0.25, -0.2) is 0 Å². The predicted octanol–water partition coefficient (Wildman–Crippen LogP) is -7.19. The van der Waals surface area contributed by atoms with Gasteiger partial charge in [-0.1, -0.05) is 0 Å². The summed E-state index contributed by atoms with van der Waals surface area (Å²) >= 11 is 0. The third kappa shape index (κ3) is 667. The molecule has 0 spiro atoms. The number of rotatable bonds is 0. The zero-order chi connectivity index (χ0) is 0. The molecule has 0 aliphatic rings. The summed E-state index contributed by atoms with van der Waals surface area (Å²) in [7, 11) is 0. The Labute approximate surface area is 1050 Å². The van der Waals surface area contributed by atoms with Gasteiger partial charge in [0.2, 0.25) is 0 Å². The molecule has 0 aliphatic carbocycles. The Balaban J connectivity index is 0. The molecular formula is H118Al57+171. The van der Waals surface area contributed by atoms with Gasteiger partial charge in [0.15, 0.2) is 0 Å². The van der Waals surface area contributed by atoms with E-state index in [2.05, 4.69) is 0 Å². The zero-order valence-corrected chi connectivity index (χ0v) is 98.7. The molecule has 0 unspecified atom stereocenters. The second-order valence-corrected chi connectivity index (χ2v) is 0. The van der Waals surface area contributed by atoms with Gasteiger partial charge in [0, 0.05) is 84.2 Å². The summed E-state index contributed by atoms with van der Waals surface area (Å²) in [5.74, 6) is 0. The van der Waals surface area contributed by atoms with E-state index in [1.807, 2.05) is 0 Å². The van der Waals surface area contributed by atoms with Gasteiger partial charge in [0.25, 0.3) is 0 Å². The Morgan fingerprint density at radius 1 is 0.0351 bits per heavy atom. The molecule has 118 valence electrons. The van der Waals surface area contributed by atoms with Crippen LogP contribution in [0.3, 0.4) is 0 Å². The van der Waals surface area contributed by atoms with E-state index in [1.54, 1.807) is 0 Å². The first kappa shape index (κ1) is 707. The van der Waals surface area contributed by atoms with Crippen LogP contribution >= 0.6 is 0 Å². The van der Waals surface area contributed by atoms with Crippen molar-refractivity contribution >= 4 is 990 Å². The predicted molar refractivity (Wildman–Crippen MR) is 453 cm³/mol. The van der Waals surface area contributed by atoms with Gasteiger partial charge < -0.3 is 0 Å². The molecule has 57 heavy (non-hydrogen) atoms. The molecule has 0 nitrogen and oxygen atoms in total. The molecule has 0 radical (unpaired) electrons. The van der Waals surface area contributed by atoms with Crippen LogP contribution in [0.2, 0.25) is 0 Å². The minimum atomic E-state index is 0. The molecule has 0 rings (SSSR count). The molecule has 0 saturated carbocycles. The van der Waals surface area contributed by atoms with Gasteiger partial charge in [-0.2, -0.15) is 0 Å². The first-order valence-electron chi connectivity index (χ1n) is 0. The maximum Gasteiger partial charge on any atom is 3.00 e. The average molecular weight is 1660 g/mol. The van der Waals surface area contributed by atoms with Gasteiger partial charge in [-0.15, -0.1) is 0 Å². The van der Waals surface area contributed by atoms with Crippen LogP contribution in [0, 0.1) is 0 Å². The van der Waals surface area contributed by atoms with Crippen LogP contribution in [0.25, 0.3) is 0 Å². The van der Waals surface area contributed by atoms with Gasteiger partial charge in [0.05, 0.1) is 0 Å². The molecule has 0 amide bonds. The summed E-state index contributed by atoms with van der Waals surface area (Å²) in [6, 6.07) is 0. The monoisotopic (exact) mass is 1660 g/mol. The van der Waals surface area contributed by atoms with Crippen molar-refractivity contribution < 1.29 is 84.2 Å². The molecule has 0 aromatic carbocycles. The Bertz CT molecular complexity index is 116. The Morgan fingerprint density at radius 2 is 0.0351 bits per heavy atom. The van der Waals surface area contributed by atoms with Crippen molar-refractivity contribution in [2.75, 3.05) is 0 Å². The molecule has 0 aliphatic heterocycles. The SMILES string of the molecule is [Al+3].[Al+3].[Al+3].[Al+3].[Al+3].[Al+3].[Al+3].[Al+3].[Al+3].[Al+3].[Al+3].[Al+3].[Al+3].[Al+3].[Al+3].[Al+3].[Al+3].[Al+3].[Al+3].[Al+3].[Al+3].[Al+3].[Al+3].[Al+3].[Al+3].[Al+3].[Al+3].[Al+3].[Al+3].[Al+3].[Al+3].[Al+3].[Al+3].[Al+3].[Al+3].[Al+3].[Al+3].[Al+3].[Al+3].[Al+3].[Al+3].[Al+3].[Al+3].[Al+3].[Al+3].[Al+3].[Al+3].[Al+3].[Al+3].[Al+3].[Al+3].[Al+3].[Al+3].[Al+3].[Al+3].[Al+3].[Al+3].[HH].[HH].[HH].[HH].[HH].[HH].[HH].[HH].[HH].[HH].[HH].[HH].[HH].[HH].[HH].[HH].[HH].[HH].[HH].[HH].[HH].[HH].[HH].[HH].[HH].[HH].[HH].[HH].[HH].[HH].[HH].[HH].[HH].[HH].[HH].[HH].[HH].[HH].[HH].[HH].[HH].[HH].[HH].[HH].[HH].[HH].[HH].[HH].[HH].[HH].[HH].[HH].[HH].[HH].[HH].[HH].[HH].[HH].[HH]. The van der Waals surface area contributed by atoms with Crippen LogP contribution in [0.1, 0.15) is 84.2 Å². The van der Waals surface area contributed by atoms with Crippen LogP contribution in [0.5, 0.6) is 0 Å². The van der Waals surface area contributed by atoms with Crippen LogP contribution in [-0.2, 0) is 0 Å². The minimum absolute atomic E-state index is 0. The minimum Gasteiger partial charge on any atom is 0 e. The maximum atomic E-state index is 0.